The summed E-state index contributed by atoms with van der Waals surface area (Å²) < 4.78 is 1.97. The Morgan fingerprint density at radius 1 is 1.13 bits per heavy atom. The maximum Gasteiger partial charge on any atom is 0.234 e. The second-order valence-electron chi connectivity index (χ2n) is 3.36. The molecular weight excluding hydrogens is 192 g/mol. The fraction of sp³-hybridized carbons (Fsp3) is 0.333. The predicted molar refractivity (Wildman–Crippen MR) is 53.7 cm³/mol. The van der Waals surface area contributed by atoms with E-state index in [9.17, 15) is 0 Å². The van der Waals surface area contributed by atoms with Gasteiger partial charge in [-0.05, 0) is 6.42 Å². The maximum absolute atomic E-state index is 4.24. The van der Waals surface area contributed by atoms with E-state index in [1.165, 1.54) is 12.7 Å². The summed E-state index contributed by atoms with van der Waals surface area (Å²) in [4.78, 5) is 14.2. The van der Waals surface area contributed by atoms with Gasteiger partial charge in [-0.3, -0.25) is 4.90 Å². The van der Waals surface area contributed by atoms with Crippen LogP contribution in [0, 0.1) is 0 Å². The Morgan fingerprint density at radius 2 is 2.00 bits per heavy atom. The summed E-state index contributed by atoms with van der Waals surface area (Å²) in [7, 11) is 0. The van der Waals surface area contributed by atoms with Crippen LogP contribution in [0.2, 0.25) is 0 Å². The molecule has 6 heteroatoms. The van der Waals surface area contributed by atoms with Crippen molar-refractivity contribution >= 4 is 11.8 Å². The summed E-state index contributed by atoms with van der Waals surface area (Å²) in [6.07, 6.45) is 5.88. The third-order valence-electron chi connectivity index (χ3n) is 2.44. The standard InChI is InChI=1S/C9H10N6/c1-4-14(9-11-6-10-7-12-9)8-2-3-13-15(8)5-1/h2-3,6-7H,1,4-5H2. The van der Waals surface area contributed by atoms with Crippen molar-refractivity contribution in [1.82, 2.24) is 24.7 Å². The molecule has 0 amide bonds. The highest BCUT2D eigenvalue weighted by Crippen LogP contribution is 2.24. The fourth-order valence-corrected chi connectivity index (χ4v) is 1.80. The van der Waals surface area contributed by atoms with Gasteiger partial charge in [0.05, 0.1) is 6.20 Å². The third kappa shape index (κ3) is 1.34. The third-order valence-corrected chi connectivity index (χ3v) is 2.44. The molecule has 0 aliphatic carbocycles. The summed E-state index contributed by atoms with van der Waals surface area (Å²) in [6.45, 7) is 1.89. The fourth-order valence-electron chi connectivity index (χ4n) is 1.80. The molecule has 0 aromatic carbocycles. The highest BCUT2D eigenvalue weighted by atomic mass is 15.4. The molecule has 1 aliphatic heterocycles. The number of aromatic nitrogens is 5. The first-order chi connectivity index (χ1) is 7.45. The van der Waals surface area contributed by atoms with Gasteiger partial charge in [-0.2, -0.15) is 5.10 Å². The molecule has 6 nitrogen and oxygen atoms in total. The molecule has 0 spiro atoms. The van der Waals surface area contributed by atoms with E-state index in [2.05, 4.69) is 25.0 Å². The van der Waals surface area contributed by atoms with Crippen LogP contribution < -0.4 is 4.90 Å². The molecule has 0 saturated carbocycles. The summed E-state index contributed by atoms with van der Waals surface area (Å²) >= 11 is 0. The smallest absolute Gasteiger partial charge is 0.234 e. The van der Waals surface area contributed by atoms with E-state index in [0.29, 0.717) is 5.95 Å². The molecule has 0 radical (unpaired) electrons. The zero-order valence-corrected chi connectivity index (χ0v) is 8.11. The Hall–Kier alpha value is -1.98. The first kappa shape index (κ1) is 8.34. The molecule has 2 aromatic heterocycles. The van der Waals surface area contributed by atoms with Crippen molar-refractivity contribution < 1.29 is 0 Å². The van der Waals surface area contributed by atoms with Gasteiger partial charge in [0.25, 0.3) is 0 Å². The Kier molecular flexibility index (Phi) is 1.84. The van der Waals surface area contributed by atoms with Gasteiger partial charge in [0.1, 0.15) is 18.5 Å². The Bertz CT molecular complexity index is 451. The van der Waals surface area contributed by atoms with Crippen LogP contribution in [0.4, 0.5) is 11.8 Å². The van der Waals surface area contributed by atoms with E-state index in [4.69, 9.17) is 0 Å². The Balaban J connectivity index is 2.03. The number of hydrogen-bond acceptors (Lipinski definition) is 5. The summed E-state index contributed by atoms with van der Waals surface area (Å²) in [5.41, 5.74) is 0. The predicted octanol–water partition coefficient (Wildman–Crippen LogP) is 0.610. The van der Waals surface area contributed by atoms with E-state index in [1.54, 1.807) is 6.20 Å². The lowest BCUT2D eigenvalue weighted by Gasteiger charge is -2.27. The van der Waals surface area contributed by atoms with E-state index >= 15 is 0 Å². The average molecular weight is 202 g/mol. The van der Waals surface area contributed by atoms with Gasteiger partial charge < -0.3 is 0 Å². The zero-order chi connectivity index (χ0) is 10.1. The number of nitrogens with zero attached hydrogens (tertiary/aromatic N) is 6. The van der Waals surface area contributed by atoms with Crippen molar-refractivity contribution in [3.8, 4) is 0 Å². The van der Waals surface area contributed by atoms with E-state index < -0.39 is 0 Å². The van der Waals surface area contributed by atoms with Crippen LogP contribution in [0.15, 0.2) is 24.9 Å². The molecular formula is C9H10N6. The lowest BCUT2D eigenvalue weighted by Crippen LogP contribution is -2.29. The SMILES string of the molecule is c1ncnc(N2CCCn3nccc32)n1. The molecule has 0 unspecified atom stereocenters. The van der Waals surface area contributed by atoms with Crippen molar-refractivity contribution in [3.63, 3.8) is 0 Å². The molecule has 76 valence electrons. The van der Waals surface area contributed by atoms with Gasteiger partial charge >= 0.3 is 0 Å². The van der Waals surface area contributed by atoms with E-state index in [-0.39, 0.29) is 0 Å². The quantitative estimate of drug-likeness (QED) is 0.678. The minimum atomic E-state index is 0.687. The maximum atomic E-state index is 4.24. The van der Waals surface area contributed by atoms with Crippen molar-refractivity contribution in [2.45, 2.75) is 13.0 Å². The molecule has 0 atom stereocenters. The first-order valence-electron chi connectivity index (χ1n) is 4.86. The molecule has 0 N–H and O–H groups in total. The number of anilines is 2. The van der Waals surface area contributed by atoms with Crippen LogP contribution in [0.3, 0.4) is 0 Å². The monoisotopic (exact) mass is 202 g/mol. The first-order valence-corrected chi connectivity index (χ1v) is 4.86. The van der Waals surface area contributed by atoms with Gasteiger partial charge in [-0.25, -0.2) is 19.6 Å². The molecule has 0 fully saturated rings. The molecule has 1 aliphatic rings. The largest absolute Gasteiger partial charge is 0.295 e. The van der Waals surface area contributed by atoms with Crippen LogP contribution in [0.25, 0.3) is 0 Å². The highest BCUT2D eigenvalue weighted by Gasteiger charge is 2.19. The lowest BCUT2D eigenvalue weighted by molar-refractivity contribution is 0.537. The molecule has 0 bridgehead atoms. The number of aryl methyl sites for hydroxylation is 1. The second kappa shape index (κ2) is 3.30. The molecule has 3 heterocycles. The van der Waals surface area contributed by atoms with Crippen molar-refractivity contribution in [1.29, 1.82) is 0 Å². The van der Waals surface area contributed by atoms with Crippen LogP contribution in [-0.4, -0.2) is 31.3 Å². The summed E-state index contributed by atoms with van der Waals surface area (Å²) in [5.74, 6) is 1.74. The van der Waals surface area contributed by atoms with Gasteiger partial charge in [0.2, 0.25) is 5.95 Å². The van der Waals surface area contributed by atoms with Crippen LogP contribution in [-0.2, 0) is 6.54 Å². The zero-order valence-electron chi connectivity index (χ0n) is 8.11. The van der Waals surface area contributed by atoms with E-state index in [1.807, 2.05) is 10.7 Å². The highest BCUT2D eigenvalue weighted by molar-refractivity contribution is 5.52. The number of rotatable bonds is 1. The summed E-state index contributed by atoms with van der Waals surface area (Å²) in [5, 5.41) is 4.24. The molecule has 2 aromatic rings. The van der Waals surface area contributed by atoms with Gasteiger partial charge in [0.15, 0.2) is 0 Å². The molecule has 0 saturated heterocycles. The lowest BCUT2D eigenvalue weighted by atomic mass is 10.3. The van der Waals surface area contributed by atoms with E-state index in [0.717, 1.165) is 25.3 Å². The number of fused-ring (bicyclic) bond motifs is 1. The Morgan fingerprint density at radius 3 is 2.87 bits per heavy atom. The normalized spacial score (nSPS) is 15.1. The van der Waals surface area contributed by atoms with Crippen molar-refractivity contribution in [3.05, 3.63) is 24.9 Å². The number of hydrogen-bond donors (Lipinski definition) is 0. The van der Waals surface area contributed by atoms with Gasteiger partial charge in [-0.1, -0.05) is 0 Å². The van der Waals surface area contributed by atoms with Crippen molar-refractivity contribution in [2.24, 2.45) is 0 Å². The van der Waals surface area contributed by atoms with Crippen LogP contribution >= 0.6 is 0 Å². The van der Waals surface area contributed by atoms with Crippen molar-refractivity contribution in [2.75, 3.05) is 11.4 Å². The molecule has 3 rings (SSSR count). The topological polar surface area (TPSA) is 59.7 Å². The Labute approximate surface area is 86.6 Å². The van der Waals surface area contributed by atoms with Crippen LogP contribution in [0.5, 0.6) is 0 Å². The minimum Gasteiger partial charge on any atom is -0.295 e. The minimum absolute atomic E-state index is 0.687. The van der Waals surface area contributed by atoms with Gasteiger partial charge in [0, 0.05) is 19.2 Å². The molecule has 15 heavy (non-hydrogen) atoms. The summed E-state index contributed by atoms with van der Waals surface area (Å²) in [6, 6.07) is 1.98. The second-order valence-corrected chi connectivity index (χ2v) is 3.36. The average Bonchev–Trinajstić information content (AvgIpc) is 2.78. The van der Waals surface area contributed by atoms with Gasteiger partial charge in [-0.15, -0.1) is 0 Å². The van der Waals surface area contributed by atoms with Crippen LogP contribution in [0.1, 0.15) is 6.42 Å².